The maximum atomic E-state index is 12.6. The maximum Gasteiger partial charge on any atom is 0.423 e. The molecule has 1 aromatic rings. The lowest BCUT2D eigenvalue weighted by molar-refractivity contribution is -0.388. The van der Waals surface area contributed by atoms with E-state index in [0.717, 1.165) is 6.07 Å². The van der Waals surface area contributed by atoms with Gasteiger partial charge in [-0.2, -0.15) is 18.4 Å². The largest absolute Gasteiger partial charge is 0.423 e. The van der Waals surface area contributed by atoms with Gasteiger partial charge >= 0.3 is 11.9 Å². The number of nitriles is 1. The molecule has 0 saturated carbocycles. The number of hydrogen-bond acceptors (Lipinski definition) is 4. The van der Waals surface area contributed by atoms with Gasteiger partial charge in [0.15, 0.2) is 0 Å². The predicted octanol–water partition coefficient (Wildman–Crippen LogP) is 2.82. The van der Waals surface area contributed by atoms with Crippen molar-refractivity contribution in [2.75, 3.05) is 0 Å². The number of pyridine rings is 1. The summed E-state index contributed by atoms with van der Waals surface area (Å²) >= 11 is 0. The molecule has 96 valence electrons. The number of alkyl halides is 5. The van der Waals surface area contributed by atoms with Crippen LogP contribution in [0.3, 0.4) is 0 Å². The summed E-state index contributed by atoms with van der Waals surface area (Å²) in [6.07, 6.45) is -8.87. The minimum Gasteiger partial charge on any atom is -0.258 e. The molecule has 0 aliphatic heterocycles. The summed E-state index contributed by atoms with van der Waals surface area (Å²) in [7, 11) is 0. The number of aromatic nitrogens is 1. The monoisotopic (exact) mass is 267 g/mol. The van der Waals surface area contributed by atoms with E-state index < -0.39 is 40.0 Å². The van der Waals surface area contributed by atoms with Crippen LogP contribution < -0.4 is 0 Å². The summed E-state index contributed by atoms with van der Waals surface area (Å²) in [5, 5.41) is 18.9. The standard InChI is InChI=1S/C8H2F5N3O2/c9-7(10)3-2-15-4(1-14)6(16(17)18)5(3)8(11,12)13/h2,7H. The highest BCUT2D eigenvalue weighted by atomic mass is 19.4. The third kappa shape index (κ3) is 2.34. The van der Waals surface area contributed by atoms with Gasteiger partial charge < -0.3 is 0 Å². The Morgan fingerprint density at radius 3 is 2.33 bits per heavy atom. The SMILES string of the molecule is N#Cc1ncc(C(F)F)c(C(F)(F)F)c1[N+](=O)[O-]. The fourth-order valence-electron chi connectivity index (χ4n) is 1.24. The molecule has 1 rings (SSSR count). The van der Waals surface area contributed by atoms with Crippen LogP contribution in [0.2, 0.25) is 0 Å². The van der Waals surface area contributed by atoms with Gasteiger partial charge in [0.1, 0.15) is 11.6 Å². The molecule has 0 spiro atoms. The molecule has 0 radical (unpaired) electrons. The molecule has 0 amide bonds. The first-order chi connectivity index (χ1) is 8.20. The Balaban J connectivity index is 3.79. The van der Waals surface area contributed by atoms with Crippen LogP contribution in [0.5, 0.6) is 0 Å². The van der Waals surface area contributed by atoms with Crippen LogP contribution in [-0.2, 0) is 6.18 Å². The first-order valence-corrected chi connectivity index (χ1v) is 4.12. The summed E-state index contributed by atoms with van der Waals surface area (Å²) < 4.78 is 62.5. The molecule has 0 aliphatic carbocycles. The van der Waals surface area contributed by atoms with Gasteiger partial charge in [0.2, 0.25) is 5.69 Å². The Morgan fingerprint density at radius 2 is 2.00 bits per heavy atom. The highest BCUT2D eigenvalue weighted by Crippen LogP contribution is 2.42. The van der Waals surface area contributed by atoms with Gasteiger partial charge in [-0.05, 0) is 0 Å². The fraction of sp³-hybridized carbons (Fsp3) is 0.250. The first kappa shape index (κ1) is 13.8. The molecule has 10 heteroatoms. The van der Waals surface area contributed by atoms with Gasteiger partial charge in [-0.1, -0.05) is 0 Å². The summed E-state index contributed by atoms with van der Waals surface area (Å²) in [6.45, 7) is 0. The summed E-state index contributed by atoms with van der Waals surface area (Å²) in [5.41, 5.74) is -6.71. The van der Waals surface area contributed by atoms with Crippen LogP contribution in [0, 0.1) is 21.4 Å². The molecule has 0 N–H and O–H groups in total. The van der Waals surface area contributed by atoms with Crippen molar-refractivity contribution in [2.24, 2.45) is 0 Å². The lowest BCUT2D eigenvalue weighted by atomic mass is 10.1. The highest BCUT2D eigenvalue weighted by Gasteiger charge is 2.45. The van der Waals surface area contributed by atoms with Gasteiger partial charge in [-0.15, -0.1) is 0 Å². The third-order valence-corrected chi connectivity index (χ3v) is 1.89. The van der Waals surface area contributed by atoms with Crippen molar-refractivity contribution in [1.82, 2.24) is 4.98 Å². The lowest BCUT2D eigenvalue weighted by Gasteiger charge is -2.12. The molecule has 1 aromatic heterocycles. The van der Waals surface area contributed by atoms with Gasteiger partial charge in [0, 0.05) is 6.20 Å². The number of nitro groups is 1. The number of hydrogen-bond donors (Lipinski definition) is 0. The van der Waals surface area contributed by atoms with E-state index in [-0.39, 0.29) is 6.20 Å². The van der Waals surface area contributed by atoms with Crippen molar-refractivity contribution >= 4 is 5.69 Å². The van der Waals surface area contributed by atoms with E-state index in [9.17, 15) is 32.1 Å². The Bertz CT molecular complexity index is 535. The van der Waals surface area contributed by atoms with Crippen LogP contribution >= 0.6 is 0 Å². The normalized spacial score (nSPS) is 11.4. The number of nitrogens with zero attached hydrogens (tertiary/aromatic N) is 3. The summed E-state index contributed by atoms with van der Waals surface area (Å²) in [6, 6.07) is 1.06. The van der Waals surface area contributed by atoms with Crippen molar-refractivity contribution in [3.63, 3.8) is 0 Å². The molecule has 0 unspecified atom stereocenters. The first-order valence-electron chi connectivity index (χ1n) is 4.12. The van der Waals surface area contributed by atoms with Gasteiger partial charge in [0.25, 0.3) is 6.43 Å². The summed E-state index contributed by atoms with van der Waals surface area (Å²) in [5.74, 6) is 0. The molecular weight excluding hydrogens is 265 g/mol. The minimum absolute atomic E-state index is 0.110. The smallest absolute Gasteiger partial charge is 0.258 e. The summed E-state index contributed by atoms with van der Waals surface area (Å²) in [4.78, 5) is 11.9. The van der Waals surface area contributed by atoms with Crippen LogP contribution in [0.15, 0.2) is 6.20 Å². The Kier molecular flexibility index (Phi) is 3.45. The third-order valence-electron chi connectivity index (χ3n) is 1.89. The van der Waals surface area contributed by atoms with E-state index >= 15 is 0 Å². The highest BCUT2D eigenvalue weighted by molar-refractivity contribution is 5.54. The van der Waals surface area contributed by atoms with Crippen molar-refractivity contribution < 1.29 is 26.9 Å². The van der Waals surface area contributed by atoms with Crippen molar-refractivity contribution in [2.45, 2.75) is 12.6 Å². The molecule has 0 fully saturated rings. The number of rotatable bonds is 2. The van der Waals surface area contributed by atoms with Gasteiger partial charge in [0.05, 0.1) is 10.5 Å². The maximum absolute atomic E-state index is 12.6. The zero-order valence-electron chi connectivity index (χ0n) is 8.20. The van der Waals surface area contributed by atoms with E-state index in [1.54, 1.807) is 0 Å². The molecule has 0 saturated heterocycles. The van der Waals surface area contributed by atoms with E-state index in [1.165, 1.54) is 0 Å². The lowest BCUT2D eigenvalue weighted by Crippen LogP contribution is -2.15. The second-order valence-corrected chi connectivity index (χ2v) is 2.95. The van der Waals surface area contributed by atoms with Crippen LogP contribution in [0.4, 0.5) is 27.6 Å². The van der Waals surface area contributed by atoms with E-state index in [1.807, 2.05) is 0 Å². The van der Waals surface area contributed by atoms with Gasteiger partial charge in [-0.25, -0.2) is 13.8 Å². The minimum atomic E-state index is -5.39. The zero-order chi connectivity index (χ0) is 14.1. The van der Waals surface area contributed by atoms with E-state index in [0.29, 0.717) is 0 Å². The topological polar surface area (TPSA) is 79.8 Å². The quantitative estimate of drug-likeness (QED) is 0.468. The Labute approximate surface area is 95.6 Å². The van der Waals surface area contributed by atoms with Crippen LogP contribution in [-0.4, -0.2) is 9.91 Å². The van der Waals surface area contributed by atoms with Gasteiger partial charge in [-0.3, -0.25) is 10.1 Å². The van der Waals surface area contributed by atoms with Crippen LogP contribution in [0.1, 0.15) is 23.2 Å². The second kappa shape index (κ2) is 4.52. The molecule has 0 aliphatic rings. The molecule has 0 bridgehead atoms. The Morgan fingerprint density at radius 1 is 1.44 bits per heavy atom. The molecule has 1 heterocycles. The van der Waals surface area contributed by atoms with E-state index in [4.69, 9.17) is 5.26 Å². The molecule has 18 heavy (non-hydrogen) atoms. The molecule has 5 nitrogen and oxygen atoms in total. The number of halogens is 5. The molecule has 0 atom stereocenters. The predicted molar refractivity (Wildman–Crippen MR) is 45.6 cm³/mol. The molecular formula is C8H2F5N3O2. The second-order valence-electron chi connectivity index (χ2n) is 2.95. The van der Waals surface area contributed by atoms with Crippen molar-refractivity contribution in [1.29, 1.82) is 5.26 Å². The Hall–Kier alpha value is -2.31. The fourth-order valence-corrected chi connectivity index (χ4v) is 1.24. The average molecular weight is 267 g/mol. The van der Waals surface area contributed by atoms with E-state index in [2.05, 4.69) is 4.98 Å². The van der Waals surface area contributed by atoms with Crippen LogP contribution in [0.25, 0.3) is 0 Å². The molecule has 0 aromatic carbocycles. The average Bonchev–Trinajstić information content (AvgIpc) is 2.25. The van der Waals surface area contributed by atoms with Crippen molar-refractivity contribution in [3.8, 4) is 6.07 Å². The van der Waals surface area contributed by atoms with Crippen molar-refractivity contribution in [3.05, 3.63) is 33.1 Å². The zero-order valence-corrected chi connectivity index (χ0v) is 8.20.